The summed E-state index contributed by atoms with van der Waals surface area (Å²) < 4.78 is 6.76. The van der Waals surface area contributed by atoms with E-state index >= 15 is 0 Å². The molecule has 1 aromatic carbocycles. The van der Waals surface area contributed by atoms with Crippen LogP contribution in [0.5, 0.6) is 0 Å². The van der Waals surface area contributed by atoms with Gasteiger partial charge in [-0.05, 0) is 18.1 Å². The van der Waals surface area contributed by atoms with E-state index < -0.39 is 0 Å². The number of rotatable bonds is 4. The summed E-state index contributed by atoms with van der Waals surface area (Å²) in [5, 5.41) is 10.8. The van der Waals surface area contributed by atoms with Gasteiger partial charge in [-0.1, -0.05) is 36.3 Å². The fraction of sp³-hybridized carbons (Fsp3) is 0.111. The van der Waals surface area contributed by atoms with Crippen molar-refractivity contribution in [3.05, 3.63) is 66.1 Å². The number of carbonyl (C=O) groups excluding carboxylic acids is 1. The highest BCUT2D eigenvalue weighted by Crippen LogP contribution is 2.23. The van der Waals surface area contributed by atoms with Crippen LogP contribution in [-0.4, -0.2) is 25.7 Å². The fourth-order valence-electron chi connectivity index (χ4n) is 2.55. The summed E-state index contributed by atoms with van der Waals surface area (Å²) in [7, 11) is 0. The highest BCUT2D eigenvalue weighted by atomic mass is 16.5. The van der Waals surface area contributed by atoms with Gasteiger partial charge >= 0.3 is 0 Å². The van der Waals surface area contributed by atoms with Crippen molar-refractivity contribution in [1.82, 2.24) is 19.8 Å². The van der Waals surface area contributed by atoms with Crippen molar-refractivity contribution in [2.75, 3.05) is 5.32 Å². The minimum Gasteiger partial charge on any atom is -0.338 e. The van der Waals surface area contributed by atoms with Crippen LogP contribution in [0.4, 0.5) is 5.88 Å². The van der Waals surface area contributed by atoms with Crippen molar-refractivity contribution in [3.63, 3.8) is 0 Å². The average Bonchev–Trinajstić information content (AvgIpc) is 3.28. The van der Waals surface area contributed by atoms with Crippen molar-refractivity contribution in [1.29, 1.82) is 0 Å². The molecule has 124 valence electrons. The van der Waals surface area contributed by atoms with Gasteiger partial charge in [-0.2, -0.15) is 5.10 Å². The van der Waals surface area contributed by atoms with Crippen LogP contribution >= 0.6 is 0 Å². The number of aromatic nitrogens is 4. The van der Waals surface area contributed by atoms with Crippen LogP contribution in [0.1, 0.15) is 22.8 Å². The molecule has 1 N–H and O–H groups in total. The number of aryl methyl sites for hydroxylation is 1. The molecule has 0 aliphatic rings. The second-order valence-corrected chi connectivity index (χ2v) is 5.53. The van der Waals surface area contributed by atoms with Crippen molar-refractivity contribution >= 4 is 17.4 Å². The molecule has 0 aliphatic heterocycles. The van der Waals surface area contributed by atoms with Crippen LogP contribution in [-0.2, 0) is 6.42 Å². The largest absolute Gasteiger partial charge is 0.338 e. The number of anilines is 1. The lowest BCUT2D eigenvalue weighted by atomic mass is 10.1. The molecule has 0 saturated carbocycles. The van der Waals surface area contributed by atoms with Gasteiger partial charge in [0.15, 0.2) is 5.65 Å². The van der Waals surface area contributed by atoms with Crippen molar-refractivity contribution in [3.8, 4) is 11.3 Å². The maximum absolute atomic E-state index is 12.4. The summed E-state index contributed by atoms with van der Waals surface area (Å²) in [6.45, 7) is 2.11. The van der Waals surface area contributed by atoms with Crippen molar-refractivity contribution in [2.45, 2.75) is 13.3 Å². The Hall–Kier alpha value is -3.48. The Labute approximate surface area is 143 Å². The molecule has 0 atom stereocenters. The van der Waals surface area contributed by atoms with E-state index in [1.807, 2.05) is 24.3 Å². The third kappa shape index (κ3) is 2.87. The van der Waals surface area contributed by atoms with Gasteiger partial charge in [0, 0.05) is 24.0 Å². The Morgan fingerprint density at radius 3 is 2.92 bits per heavy atom. The molecule has 3 aromatic heterocycles. The minimum absolute atomic E-state index is 0.273. The first kappa shape index (κ1) is 15.1. The summed E-state index contributed by atoms with van der Waals surface area (Å²) in [5.74, 6) is -0.0763. The van der Waals surface area contributed by atoms with Gasteiger partial charge in [0.25, 0.3) is 5.91 Å². The number of carbonyl (C=O) groups is 1. The molecule has 25 heavy (non-hydrogen) atoms. The zero-order valence-electron chi connectivity index (χ0n) is 13.5. The van der Waals surface area contributed by atoms with Gasteiger partial charge < -0.3 is 4.52 Å². The van der Waals surface area contributed by atoms with Gasteiger partial charge in [0.1, 0.15) is 11.3 Å². The van der Waals surface area contributed by atoms with E-state index in [1.54, 1.807) is 24.5 Å². The molecule has 0 spiro atoms. The molecule has 0 aliphatic carbocycles. The smallest absolute Gasteiger partial charge is 0.263 e. The first-order chi connectivity index (χ1) is 12.2. The van der Waals surface area contributed by atoms with E-state index in [0.29, 0.717) is 16.9 Å². The molecule has 0 radical (unpaired) electrons. The molecule has 0 fully saturated rings. The van der Waals surface area contributed by atoms with E-state index in [-0.39, 0.29) is 11.8 Å². The molecule has 0 bridgehead atoms. The van der Waals surface area contributed by atoms with Gasteiger partial charge in [0.05, 0.1) is 6.20 Å². The minimum atomic E-state index is -0.349. The number of benzene rings is 1. The van der Waals surface area contributed by atoms with E-state index in [1.165, 1.54) is 16.3 Å². The van der Waals surface area contributed by atoms with Crippen LogP contribution in [0.2, 0.25) is 0 Å². The van der Waals surface area contributed by atoms with Gasteiger partial charge in [-0.25, -0.2) is 9.50 Å². The monoisotopic (exact) mass is 333 g/mol. The van der Waals surface area contributed by atoms with Crippen LogP contribution in [0.25, 0.3) is 16.9 Å². The highest BCUT2D eigenvalue weighted by molar-refractivity contribution is 6.07. The van der Waals surface area contributed by atoms with Crippen LogP contribution < -0.4 is 5.32 Å². The van der Waals surface area contributed by atoms with Crippen molar-refractivity contribution in [2.24, 2.45) is 0 Å². The second kappa shape index (κ2) is 6.20. The predicted molar refractivity (Wildman–Crippen MR) is 92.3 cm³/mol. The molecule has 0 unspecified atom stereocenters. The molecule has 3 heterocycles. The third-order valence-corrected chi connectivity index (χ3v) is 3.93. The normalized spacial score (nSPS) is 10.9. The zero-order valence-corrected chi connectivity index (χ0v) is 13.5. The number of hydrogen-bond acceptors (Lipinski definition) is 5. The van der Waals surface area contributed by atoms with Crippen LogP contribution in [0.3, 0.4) is 0 Å². The quantitative estimate of drug-likeness (QED) is 0.620. The second-order valence-electron chi connectivity index (χ2n) is 5.53. The van der Waals surface area contributed by atoms with E-state index in [9.17, 15) is 4.79 Å². The highest BCUT2D eigenvalue weighted by Gasteiger charge is 2.16. The Morgan fingerprint density at radius 2 is 2.12 bits per heavy atom. The van der Waals surface area contributed by atoms with E-state index in [4.69, 9.17) is 4.52 Å². The summed E-state index contributed by atoms with van der Waals surface area (Å²) in [6.07, 6.45) is 5.79. The van der Waals surface area contributed by atoms with Gasteiger partial charge in [-0.3, -0.25) is 10.1 Å². The lowest BCUT2D eigenvalue weighted by molar-refractivity contribution is 0.102. The Balaban J connectivity index is 1.55. The summed E-state index contributed by atoms with van der Waals surface area (Å²) in [4.78, 5) is 16.6. The molecule has 7 nitrogen and oxygen atoms in total. The topological polar surface area (TPSA) is 85.3 Å². The number of amides is 1. The summed E-state index contributed by atoms with van der Waals surface area (Å²) >= 11 is 0. The molecule has 4 aromatic rings. The standard InChI is InChI=1S/C18H15N5O2/c1-2-12-4-6-13(7-5-12)15-10-16(25-22-15)21-18(24)14-11-20-23-9-3-8-19-17(14)23/h3-11H,2H2,1H3,(H,21,24). The summed E-state index contributed by atoms with van der Waals surface area (Å²) in [6, 6.07) is 11.5. The van der Waals surface area contributed by atoms with Crippen molar-refractivity contribution < 1.29 is 9.32 Å². The van der Waals surface area contributed by atoms with Gasteiger partial charge in [0.2, 0.25) is 5.88 Å². The summed E-state index contributed by atoms with van der Waals surface area (Å²) in [5.41, 5.74) is 3.69. The predicted octanol–water partition coefficient (Wildman–Crippen LogP) is 3.20. The Bertz CT molecular complexity index is 1030. The zero-order chi connectivity index (χ0) is 17.2. The number of hydrogen-bond donors (Lipinski definition) is 1. The number of nitrogens with one attached hydrogen (secondary N) is 1. The molecular formula is C18H15N5O2. The SMILES string of the molecule is CCc1ccc(-c2cc(NC(=O)c3cnn4cccnc34)on2)cc1. The lowest BCUT2D eigenvalue weighted by Gasteiger charge is -1.99. The number of fused-ring (bicyclic) bond motifs is 1. The van der Waals surface area contributed by atoms with Crippen LogP contribution in [0.15, 0.2) is 59.5 Å². The number of nitrogens with zero attached hydrogens (tertiary/aromatic N) is 4. The molecule has 1 amide bonds. The third-order valence-electron chi connectivity index (χ3n) is 3.93. The van der Waals surface area contributed by atoms with Gasteiger partial charge in [-0.15, -0.1) is 0 Å². The first-order valence-corrected chi connectivity index (χ1v) is 7.90. The average molecular weight is 333 g/mol. The molecule has 4 rings (SSSR count). The Morgan fingerprint density at radius 1 is 1.28 bits per heavy atom. The molecule has 0 saturated heterocycles. The molecular weight excluding hydrogens is 318 g/mol. The lowest BCUT2D eigenvalue weighted by Crippen LogP contribution is -2.11. The van der Waals surface area contributed by atoms with E-state index in [0.717, 1.165) is 12.0 Å². The maximum atomic E-state index is 12.4. The molecule has 7 heteroatoms. The maximum Gasteiger partial charge on any atom is 0.263 e. The Kier molecular flexibility index (Phi) is 3.74. The first-order valence-electron chi connectivity index (χ1n) is 7.90. The fourth-order valence-corrected chi connectivity index (χ4v) is 2.55. The van der Waals surface area contributed by atoms with Crippen LogP contribution in [0, 0.1) is 0 Å². The van der Waals surface area contributed by atoms with E-state index in [2.05, 4.69) is 27.5 Å².